The summed E-state index contributed by atoms with van der Waals surface area (Å²) in [4.78, 5) is 11.0. The second-order valence-corrected chi connectivity index (χ2v) is 4.57. The molecule has 0 aliphatic carbocycles. The van der Waals surface area contributed by atoms with Gasteiger partial charge in [0, 0.05) is 5.92 Å². The molecule has 0 spiro atoms. The Hall–Kier alpha value is -1.39. The van der Waals surface area contributed by atoms with E-state index in [0.717, 1.165) is 5.56 Å². The number of ether oxygens (including phenoxy) is 2. The van der Waals surface area contributed by atoms with E-state index in [2.05, 4.69) is 0 Å². The van der Waals surface area contributed by atoms with Gasteiger partial charge in [-0.25, -0.2) is 0 Å². The Kier molecular flexibility index (Phi) is 4.33. The van der Waals surface area contributed by atoms with Crippen molar-refractivity contribution in [2.75, 3.05) is 13.2 Å². The Bertz CT molecular complexity index is 384. The van der Waals surface area contributed by atoms with Crippen molar-refractivity contribution < 1.29 is 19.4 Å². The molecule has 1 saturated heterocycles. The molecule has 2 atom stereocenters. The molecular weight excluding hydrogens is 232 g/mol. The van der Waals surface area contributed by atoms with Crippen LogP contribution in [0.5, 0.6) is 0 Å². The molecule has 1 aliphatic heterocycles. The summed E-state index contributed by atoms with van der Waals surface area (Å²) in [5, 5.41) is 9.03. The van der Waals surface area contributed by atoms with Gasteiger partial charge >= 0.3 is 5.97 Å². The van der Waals surface area contributed by atoms with Crippen molar-refractivity contribution in [3.63, 3.8) is 0 Å². The van der Waals surface area contributed by atoms with Gasteiger partial charge in [0.05, 0.1) is 19.6 Å². The standard InChI is InChI=1S/C14H18O4/c1-10(11-5-3-2-4-6-11)12(9-13(15)16)14-17-7-8-18-14/h2-6,10,12,14H,7-9H2,1H3,(H,15,16). The summed E-state index contributed by atoms with van der Waals surface area (Å²) in [6.07, 6.45) is -0.350. The normalized spacial score (nSPS) is 19.6. The van der Waals surface area contributed by atoms with Gasteiger partial charge in [-0.05, 0) is 11.5 Å². The summed E-state index contributed by atoms with van der Waals surface area (Å²) in [7, 11) is 0. The van der Waals surface area contributed by atoms with Crippen LogP contribution in [0.2, 0.25) is 0 Å². The fraction of sp³-hybridized carbons (Fsp3) is 0.500. The first-order chi connectivity index (χ1) is 8.68. The Labute approximate surface area is 107 Å². The summed E-state index contributed by atoms with van der Waals surface area (Å²) in [5.41, 5.74) is 1.11. The van der Waals surface area contributed by atoms with Crippen LogP contribution in [0.4, 0.5) is 0 Å². The van der Waals surface area contributed by atoms with E-state index >= 15 is 0 Å². The fourth-order valence-electron chi connectivity index (χ4n) is 2.34. The van der Waals surface area contributed by atoms with Crippen LogP contribution in [0.15, 0.2) is 30.3 Å². The molecule has 0 radical (unpaired) electrons. The number of aliphatic carboxylic acids is 1. The minimum Gasteiger partial charge on any atom is -0.481 e. The molecule has 0 saturated carbocycles. The Morgan fingerprint density at radius 1 is 1.33 bits per heavy atom. The molecule has 0 bridgehead atoms. The largest absolute Gasteiger partial charge is 0.481 e. The van der Waals surface area contributed by atoms with Crippen molar-refractivity contribution in [2.24, 2.45) is 5.92 Å². The van der Waals surface area contributed by atoms with Crippen LogP contribution in [0.3, 0.4) is 0 Å². The predicted molar refractivity (Wildman–Crippen MR) is 66.3 cm³/mol. The first-order valence-electron chi connectivity index (χ1n) is 6.18. The van der Waals surface area contributed by atoms with E-state index in [4.69, 9.17) is 14.6 Å². The van der Waals surface area contributed by atoms with E-state index in [-0.39, 0.29) is 18.3 Å². The number of hydrogen-bond donors (Lipinski definition) is 1. The summed E-state index contributed by atoms with van der Waals surface area (Å²) < 4.78 is 10.9. The molecule has 98 valence electrons. The van der Waals surface area contributed by atoms with Gasteiger partial charge in [0.2, 0.25) is 0 Å². The summed E-state index contributed by atoms with van der Waals surface area (Å²) in [5.74, 6) is -0.889. The summed E-state index contributed by atoms with van der Waals surface area (Å²) in [6, 6.07) is 9.88. The molecular formula is C14H18O4. The van der Waals surface area contributed by atoms with Gasteiger partial charge in [0.25, 0.3) is 0 Å². The molecule has 1 aromatic rings. The molecule has 0 aromatic heterocycles. The molecule has 2 rings (SSSR count). The lowest BCUT2D eigenvalue weighted by Crippen LogP contribution is -2.28. The molecule has 1 heterocycles. The molecule has 18 heavy (non-hydrogen) atoms. The maximum absolute atomic E-state index is 11.0. The van der Waals surface area contributed by atoms with Crippen LogP contribution in [-0.2, 0) is 14.3 Å². The number of hydrogen-bond acceptors (Lipinski definition) is 3. The SMILES string of the molecule is CC(c1ccccc1)C(CC(=O)O)C1OCCO1. The van der Waals surface area contributed by atoms with Gasteiger partial charge in [-0.2, -0.15) is 0 Å². The van der Waals surface area contributed by atoms with Crippen molar-refractivity contribution >= 4 is 5.97 Å². The lowest BCUT2D eigenvalue weighted by molar-refractivity contribution is -0.144. The monoisotopic (exact) mass is 250 g/mol. The Morgan fingerprint density at radius 2 is 1.94 bits per heavy atom. The molecule has 1 aliphatic rings. The molecule has 4 nitrogen and oxygen atoms in total. The van der Waals surface area contributed by atoms with Gasteiger partial charge in [0.15, 0.2) is 6.29 Å². The van der Waals surface area contributed by atoms with Crippen LogP contribution >= 0.6 is 0 Å². The average molecular weight is 250 g/mol. The Morgan fingerprint density at radius 3 is 2.50 bits per heavy atom. The van der Waals surface area contributed by atoms with Crippen LogP contribution in [-0.4, -0.2) is 30.6 Å². The smallest absolute Gasteiger partial charge is 0.303 e. The van der Waals surface area contributed by atoms with E-state index in [1.54, 1.807) is 0 Å². The highest BCUT2D eigenvalue weighted by atomic mass is 16.7. The van der Waals surface area contributed by atoms with Gasteiger partial charge < -0.3 is 14.6 Å². The first-order valence-corrected chi connectivity index (χ1v) is 6.18. The molecule has 1 aromatic carbocycles. The highest BCUT2D eigenvalue weighted by Crippen LogP contribution is 2.32. The molecule has 0 amide bonds. The minimum absolute atomic E-state index is 0.0563. The molecule has 1 N–H and O–H groups in total. The van der Waals surface area contributed by atoms with Gasteiger partial charge in [0.1, 0.15) is 0 Å². The summed E-state index contributed by atoms with van der Waals surface area (Å²) in [6.45, 7) is 3.11. The third-order valence-electron chi connectivity index (χ3n) is 3.38. The van der Waals surface area contributed by atoms with E-state index < -0.39 is 12.3 Å². The van der Waals surface area contributed by atoms with Crippen LogP contribution in [0.25, 0.3) is 0 Å². The second kappa shape index (κ2) is 5.98. The zero-order valence-corrected chi connectivity index (χ0v) is 10.4. The first kappa shape index (κ1) is 13.1. The molecule has 1 fully saturated rings. The third kappa shape index (κ3) is 3.09. The topological polar surface area (TPSA) is 55.8 Å². The van der Waals surface area contributed by atoms with Crippen molar-refractivity contribution in [3.8, 4) is 0 Å². The van der Waals surface area contributed by atoms with Crippen molar-refractivity contribution in [2.45, 2.75) is 25.6 Å². The predicted octanol–water partition coefficient (Wildman–Crippen LogP) is 2.25. The molecule has 2 unspecified atom stereocenters. The Balaban J connectivity index is 2.14. The van der Waals surface area contributed by atoms with E-state index in [1.807, 2.05) is 37.3 Å². The maximum atomic E-state index is 11.0. The second-order valence-electron chi connectivity index (χ2n) is 4.57. The lowest BCUT2D eigenvalue weighted by atomic mass is 9.85. The van der Waals surface area contributed by atoms with Crippen molar-refractivity contribution in [1.29, 1.82) is 0 Å². The summed E-state index contributed by atoms with van der Waals surface area (Å²) >= 11 is 0. The number of carboxylic acid groups (broad SMARTS) is 1. The fourth-order valence-corrected chi connectivity index (χ4v) is 2.34. The zero-order valence-electron chi connectivity index (χ0n) is 10.4. The van der Waals surface area contributed by atoms with E-state index in [9.17, 15) is 4.79 Å². The average Bonchev–Trinajstić information content (AvgIpc) is 2.89. The number of rotatable bonds is 5. The maximum Gasteiger partial charge on any atom is 0.303 e. The molecule has 4 heteroatoms. The zero-order chi connectivity index (χ0) is 13.0. The highest BCUT2D eigenvalue weighted by Gasteiger charge is 2.33. The van der Waals surface area contributed by atoms with Crippen LogP contribution < -0.4 is 0 Å². The van der Waals surface area contributed by atoms with Gasteiger partial charge in [-0.3, -0.25) is 4.79 Å². The minimum atomic E-state index is -0.818. The van der Waals surface area contributed by atoms with Crippen molar-refractivity contribution in [1.82, 2.24) is 0 Å². The van der Waals surface area contributed by atoms with Gasteiger partial charge in [-0.15, -0.1) is 0 Å². The number of benzene rings is 1. The van der Waals surface area contributed by atoms with Gasteiger partial charge in [-0.1, -0.05) is 37.3 Å². The third-order valence-corrected chi connectivity index (χ3v) is 3.38. The highest BCUT2D eigenvalue weighted by molar-refractivity contribution is 5.67. The van der Waals surface area contributed by atoms with Crippen LogP contribution in [0.1, 0.15) is 24.8 Å². The van der Waals surface area contributed by atoms with E-state index in [0.29, 0.717) is 13.2 Å². The van der Waals surface area contributed by atoms with Crippen molar-refractivity contribution in [3.05, 3.63) is 35.9 Å². The number of carboxylic acids is 1. The number of carbonyl (C=O) groups is 1. The van der Waals surface area contributed by atoms with E-state index in [1.165, 1.54) is 0 Å². The lowest BCUT2D eigenvalue weighted by Gasteiger charge is -2.27. The quantitative estimate of drug-likeness (QED) is 0.870. The van der Waals surface area contributed by atoms with Crippen LogP contribution in [0, 0.1) is 5.92 Å².